The van der Waals surface area contributed by atoms with Gasteiger partial charge in [-0.2, -0.15) is 0 Å². The highest BCUT2D eigenvalue weighted by molar-refractivity contribution is 14.0. The summed E-state index contributed by atoms with van der Waals surface area (Å²) in [5.41, 5.74) is 1.06. The first-order valence-electron chi connectivity index (χ1n) is 7.52. The predicted molar refractivity (Wildman–Crippen MR) is 103 cm³/mol. The second kappa shape index (κ2) is 7.63. The number of nitrogens with zero attached hydrogens (tertiary/aromatic N) is 4. The smallest absolute Gasteiger partial charge is 0.193 e. The number of thiazole rings is 1. The molecule has 1 N–H and O–H groups in total. The van der Waals surface area contributed by atoms with E-state index < -0.39 is 0 Å². The quantitative estimate of drug-likeness (QED) is 0.450. The maximum absolute atomic E-state index is 4.60. The van der Waals surface area contributed by atoms with Crippen LogP contribution in [0.1, 0.15) is 26.0 Å². The highest BCUT2D eigenvalue weighted by Crippen LogP contribution is 2.21. The summed E-state index contributed by atoms with van der Waals surface area (Å²) in [6.07, 6.45) is 5.43. The molecule has 0 spiro atoms. The largest absolute Gasteiger partial charge is 0.351 e. The topological polar surface area (TPSA) is 44.9 Å². The van der Waals surface area contributed by atoms with Crippen LogP contribution in [0.5, 0.6) is 0 Å². The van der Waals surface area contributed by atoms with Gasteiger partial charge in [0.2, 0.25) is 0 Å². The van der Waals surface area contributed by atoms with Gasteiger partial charge in [0.05, 0.1) is 12.2 Å². The lowest BCUT2D eigenvalue weighted by molar-refractivity contribution is 0.208. The minimum atomic E-state index is 0. The lowest BCUT2D eigenvalue weighted by atomic mass is 9.92. The maximum Gasteiger partial charge on any atom is 0.193 e. The molecule has 3 rings (SSSR count). The van der Waals surface area contributed by atoms with Crippen LogP contribution in [0, 0.1) is 11.8 Å². The van der Waals surface area contributed by atoms with Gasteiger partial charge in [-0.1, -0.05) is 13.8 Å². The molecule has 0 saturated carbocycles. The fraction of sp³-hybridized carbons (Fsp3) is 0.600. The van der Waals surface area contributed by atoms with Crippen LogP contribution in [0.4, 0.5) is 0 Å². The van der Waals surface area contributed by atoms with Gasteiger partial charge in [-0.15, -0.1) is 35.3 Å². The van der Waals surface area contributed by atoms with Gasteiger partial charge in [0, 0.05) is 37.9 Å². The van der Waals surface area contributed by atoms with E-state index in [1.54, 1.807) is 11.3 Å². The molecule has 0 aliphatic carbocycles. The van der Waals surface area contributed by atoms with Crippen LogP contribution in [0.3, 0.4) is 0 Å². The molecule has 3 heterocycles. The van der Waals surface area contributed by atoms with E-state index in [4.69, 9.17) is 0 Å². The molecule has 2 aromatic rings. The van der Waals surface area contributed by atoms with E-state index >= 15 is 0 Å². The van der Waals surface area contributed by atoms with Crippen molar-refractivity contribution in [3.63, 3.8) is 0 Å². The third-order valence-corrected chi connectivity index (χ3v) is 4.72. The van der Waals surface area contributed by atoms with Gasteiger partial charge < -0.3 is 10.2 Å². The van der Waals surface area contributed by atoms with Crippen molar-refractivity contribution in [2.75, 3.05) is 20.1 Å². The van der Waals surface area contributed by atoms with Crippen molar-refractivity contribution in [2.24, 2.45) is 16.8 Å². The van der Waals surface area contributed by atoms with E-state index in [2.05, 4.69) is 50.0 Å². The summed E-state index contributed by atoms with van der Waals surface area (Å²) < 4.78 is 2.06. The van der Waals surface area contributed by atoms with Gasteiger partial charge in [-0.3, -0.25) is 9.39 Å². The number of aliphatic imine (C=N–C) groups is 1. The molecule has 7 heteroatoms. The van der Waals surface area contributed by atoms with Gasteiger partial charge >= 0.3 is 0 Å². The van der Waals surface area contributed by atoms with Gasteiger partial charge in [0.1, 0.15) is 0 Å². The fourth-order valence-corrected chi connectivity index (χ4v) is 3.92. The summed E-state index contributed by atoms with van der Waals surface area (Å²) in [6.45, 7) is 7.53. The molecule has 2 aromatic heterocycles. The maximum atomic E-state index is 4.60. The molecule has 0 aromatic carbocycles. The molecule has 1 aliphatic heterocycles. The average molecular weight is 433 g/mol. The monoisotopic (exact) mass is 433 g/mol. The third-order valence-electron chi connectivity index (χ3n) is 3.95. The van der Waals surface area contributed by atoms with Gasteiger partial charge in [0.15, 0.2) is 10.9 Å². The fourth-order valence-electron chi connectivity index (χ4n) is 3.20. The molecule has 0 amide bonds. The van der Waals surface area contributed by atoms with Crippen molar-refractivity contribution in [2.45, 2.75) is 26.8 Å². The van der Waals surface area contributed by atoms with Crippen LogP contribution in [0.15, 0.2) is 22.8 Å². The summed E-state index contributed by atoms with van der Waals surface area (Å²) in [5.74, 6) is 2.44. The molecule has 0 radical (unpaired) electrons. The summed E-state index contributed by atoms with van der Waals surface area (Å²) in [6, 6.07) is 0. The molecule has 22 heavy (non-hydrogen) atoms. The number of hydrogen-bond acceptors (Lipinski definition) is 3. The first-order valence-corrected chi connectivity index (χ1v) is 8.40. The molecule has 1 fully saturated rings. The zero-order valence-corrected chi connectivity index (χ0v) is 16.5. The summed E-state index contributed by atoms with van der Waals surface area (Å²) in [4.78, 5) is 12.5. The average Bonchev–Trinajstić information content (AvgIpc) is 2.99. The van der Waals surface area contributed by atoms with Crippen LogP contribution >= 0.6 is 35.3 Å². The van der Waals surface area contributed by atoms with Crippen LogP contribution < -0.4 is 5.32 Å². The molecule has 5 nitrogen and oxygen atoms in total. The van der Waals surface area contributed by atoms with Crippen LogP contribution in [0.2, 0.25) is 0 Å². The van der Waals surface area contributed by atoms with E-state index in [-0.39, 0.29) is 24.0 Å². The highest BCUT2D eigenvalue weighted by Gasteiger charge is 2.23. The van der Waals surface area contributed by atoms with Crippen molar-refractivity contribution in [1.82, 2.24) is 19.6 Å². The number of imidazole rings is 1. The highest BCUT2D eigenvalue weighted by atomic mass is 127. The first kappa shape index (κ1) is 17.5. The lowest BCUT2D eigenvalue weighted by Gasteiger charge is -2.37. The van der Waals surface area contributed by atoms with Crippen molar-refractivity contribution >= 4 is 46.2 Å². The Labute approximate surface area is 152 Å². The van der Waals surface area contributed by atoms with Crippen molar-refractivity contribution in [1.29, 1.82) is 0 Å². The van der Waals surface area contributed by atoms with Gasteiger partial charge in [-0.25, -0.2) is 4.98 Å². The van der Waals surface area contributed by atoms with E-state index in [1.807, 2.05) is 13.2 Å². The van der Waals surface area contributed by atoms with E-state index in [0.29, 0.717) is 0 Å². The number of aromatic nitrogens is 2. The van der Waals surface area contributed by atoms with Crippen LogP contribution in [-0.4, -0.2) is 40.4 Å². The van der Waals surface area contributed by atoms with Crippen LogP contribution in [-0.2, 0) is 6.54 Å². The molecule has 1 saturated heterocycles. The van der Waals surface area contributed by atoms with Gasteiger partial charge in [0.25, 0.3) is 0 Å². The number of halogens is 1. The van der Waals surface area contributed by atoms with Gasteiger partial charge in [-0.05, 0) is 18.3 Å². The van der Waals surface area contributed by atoms with E-state index in [0.717, 1.165) is 48.1 Å². The number of guanidine groups is 1. The second-order valence-corrected chi connectivity index (χ2v) is 6.95. The Morgan fingerprint density at radius 1 is 1.41 bits per heavy atom. The SMILES string of the molecule is CN=C(NCc1cn2ccsc2n1)N1CC(C)CC(C)C1.I. The summed E-state index contributed by atoms with van der Waals surface area (Å²) in [5, 5.41) is 5.50. The zero-order valence-electron chi connectivity index (χ0n) is 13.3. The Balaban J connectivity index is 0.00000176. The Kier molecular flexibility index (Phi) is 6.08. The molecule has 2 atom stereocenters. The molecular weight excluding hydrogens is 409 g/mol. The summed E-state index contributed by atoms with van der Waals surface area (Å²) in [7, 11) is 1.86. The summed E-state index contributed by atoms with van der Waals surface area (Å²) >= 11 is 1.66. The van der Waals surface area contributed by atoms with Crippen molar-refractivity contribution in [3.8, 4) is 0 Å². The number of nitrogens with one attached hydrogen (secondary N) is 1. The molecule has 0 bridgehead atoms. The van der Waals surface area contributed by atoms with Crippen LogP contribution in [0.25, 0.3) is 4.96 Å². The van der Waals surface area contributed by atoms with E-state index in [9.17, 15) is 0 Å². The minimum absolute atomic E-state index is 0. The molecule has 1 aliphatic rings. The Bertz CT molecular complexity index is 596. The second-order valence-electron chi connectivity index (χ2n) is 6.08. The normalized spacial score (nSPS) is 22.7. The zero-order chi connectivity index (χ0) is 14.8. The van der Waals surface area contributed by atoms with Crippen molar-refractivity contribution in [3.05, 3.63) is 23.5 Å². The number of rotatable bonds is 2. The Morgan fingerprint density at radius 3 is 2.77 bits per heavy atom. The predicted octanol–water partition coefficient (Wildman–Crippen LogP) is 3.07. The number of fused-ring (bicyclic) bond motifs is 1. The Hall–Kier alpha value is -0.830. The van der Waals surface area contributed by atoms with E-state index in [1.165, 1.54) is 6.42 Å². The number of hydrogen-bond donors (Lipinski definition) is 1. The van der Waals surface area contributed by atoms with Crippen molar-refractivity contribution < 1.29 is 0 Å². The number of likely N-dealkylation sites (tertiary alicyclic amines) is 1. The minimum Gasteiger partial charge on any atom is -0.351 e. The number of piperidine rings is 1. The standard InChI is InChI=1S/C15H23N5S.HI/c1-11-6-12(2)9-20(8-11)14(16-3)17-7-13-10-19-4-5-21-15(19)18-13;/h4-5,10-12H,6-9H2,1-3H3,(H,16,17);1H. The molecular formula is C15H24IN5S. The lowest BCUT2D eigenvalue weighted by Crippen LogP contribution is -2.48. The Morgan fingerprint density at radius 2 is 2.14 bits per heavy atom. The third kappa shape index (κ3) is 3.92. The molecule has 122 valence electrons. The molecule has 2 unspecified atom stereocenters. The first-order chi connectivity index (χ1) is 10.2.